The first kappa shape index (κ1) is 24.2. The summed E-state index contributed by atoms with van der Waals surface area (Å²) in [5, 5.41) is 4.66. The number of alkyl halides is 3. The molecule has 0 spiro atoms. The summed E-state index contributed by atoms with van der Waals surface area (Å²) in [5.74, 6) is 0.702. The molecule has 4 aromatic rings. The number of thiophene rings is 1. The van der Waals surface area contributed by atoms with Crippen molar-refractivity contribution in [2.24, 2.45) is 0 Å². The molecule has 2 atom stereocenters. The molecule has 1 aliphatic heterocycles. The second-order valence-corrected chi connectivity index (χ2v) is 9.70. The Kier molecular flexibility index (Phi) is 6.40. The Morgan fingerprint density at radius 1 is 1.06 bits per heavy atom. The van der Waals surface area contributed by atoms with Crippen LogP contribution in [-0.4, -0.2) is 41.2 Å². The molecule has 10 heteroatoms. The number of carbonyl (C=O) groups is 1. The molecule has 2 unspecified atom stereocenters. The molecule has 1 saturated heterocycles. The molecule has 2 aromatic heterocycles. The van der Waals surface area contributed by atoms with E-state index in [0.29, 0.717) is 30.2 Å². The van der Waals surface area contributed by atoms with Gasteiger partial charge in [0.25, 0.3) is 5.91 Å². The maximum atomic E-state index is 13.0. The Morgan fingerprint density at radius 3 is 2.56 bits per heavy atom. The van der Waals surface area contributed by atoms with Crippen molar-refractivity contribution in [2.75, 3.05) is 23.3 Å². The minimum atomic E-state index is -4.53. The lowest BCUT2D eigenvalue weighted by atomic mass is 10.1. The lowest BCUT2D eigenvalue weighted by Gasteiger charge is -2.36. The zero-order chi connectivity index (χ0) is 25.4. The summed E-state index contributed by atoms with van der Waals surface area (Å²) in [4.78, 5) is 24.5. The summed E-state index contributed by atoms with van der Waals surface area (Å²) in [6, 6.07) is 13.2. The first-order valence-electron chi connectivity index (χ1n) is 11.4. The number of aromatic nitrogens is 2. The predicted octanol–water partition coefficient (Wildman–Crippen LogP) is 6.24. The van der Waals surface area contributed by atoms with Crippen molar-refractivity contribution in [3.05, 3.63) is 71.1 Å². The highest BCUT2D eigenvalue weighted by molar-refractivity contribution is 7.17. The molecule has 1 aliphatic rings. The van der Waals surface area contributed by atoms with Crippen LogP contribution in [0.1, 0.15) is 29.8 Å². The van der Waals surface area contributed by atoms with Gasteiger partial charge in [-0.25, -0.2) is 9.97 Å². The van der Waals surface area contributed by atoms with E-state index in [4.69, 9.17) is 14.7 Å². The van der Waals surface area contributed by atoms with Crippen LogP contribution in [0.2, 0.25) is 0 Å². The van der Waals surface area contributed by atoms with Crippen molar-refractivity contribution < 1.29 is 22.7 Å². The molecule has 2 aromatic carbocycles. The van der Waals surface area contributed by atoms with Gasteiger partial charge in [0.05, 0.1) is 28.0 Å². The van der Waals surface area contributed by atoms with Crippen molar-refractivity contribution >= 4 is 39.0 Å². The Balaban J connectivity index is 1.45. The number of nitrogens with zero attached hydrogens (tertiary/aromatic N) is 3. The summed E-state index contributed by atoms with van der Waals surface area (Å²) in [6.45, 7) is 5.49. The quantitative estimate of drug-likeness (QED) is 0.351. The van der Waals surface area contributed by atoms with Crippen LogP contribution in [0.3, 0.4) is 0 Å². The molecule has 0 saturated carbocycles. The molecule has 0 radical (unpaired) electrons. The smallest absolute Gasteiger partial charge is 0.372 e. The Bertz CT molecular complexity index is 1410. The first-order valence-corrected chi connectivity index (χ1v) is 12.3. The molecule has 5 rings (SSSR count). The maximum Gasteiger partial charge on any atom is 0.416 e. The zero-order valence-electron chi connectivity index (χ0n) is 19.5. The van der Waals surface area contributed by atoms with Crippen LogP contribution in [0.15, 0.2) is 60.0 Å². The third-order valence-corrected chi connectivity index (χ3v) is 6.74. The summed E-state index contributed by atoms with van der Waals surface area (Å²) in [7, 11) is 0. The van der Waals surface area contributed by atoms with E-state index in [1.165, 1.54) is 12.1 Å². The fourth-order valence-corrected chi connectivity index (χ4v) is 5.17. The fourth-order valence-electron chi connectivity index (χ4n) is 4.32. The van der Waals surface area contributed by atoms with Crippen LogP contribution >= 0.6 is 11.3 Å². The highest BCUT2D eigenvalue weighted by atomic mass is 32.1. The first-order chi connectivity index (χ1) is 17.2. The van der Waals surface area contributed by atoms with Crippen LogP contribution in [0.4, 0.5) is 24.7 Å². The molecule has 0 aliphatic carbocycles. The van der Waals surface area contributed by atoms with Gasteiger partial charge in [-0.1, -0.05) is 18.2 Å². The average molecular weight is 513 g/mol. The number of anilines is 2. The zero-order valence-corrected chi connectivity index (χ0v) is 20.4. The standard InChI is InChI=1S/C26H23F3N4O2S/c1-15-13-33(14-16(2)35-15)24-22-21(9-10-36-22)31-23(32-24)17-5-4-8-20(12-17)30-25(34)18-6-3-7-19(11-18)26(27,28)29/h3-12,15-16H,13-14H2,1-2H3,(H,30,34). The number of hydrogen-bond donors (Lipinski definition) is 1. The van der Waals surface area contributed by atoms with E-state index < -0.39 is 17.6 Å². The Labute approximate surface area is 209 Å². The highest BCUT2D eigenvalue weighted by Crippen LogP contribution is 2.34. The molecule has 186 valence electrons. The number of morpholine rings is 1. The average Bonchev–Trinajstić information content (AvgIpc) is 3.31. The molecule has 1 N–H and O–H groups in total. The van der Waals surface area contributed by atoms with Crippen molar-refractivity contribution in [3.63, 3.8) is 0 Å². The second-order valence-electron chi connectivity index (χ2n) is 8.78. The van der Waals surface area contributed by atoms with Crippen molar-refractivity contribution in [1.82, 2.24) is 9.97 Å². The molecule has 0 bridgehead atoms. The fraction of sp³-hybridized carbons (Fsp3) is 0.269. The van der Waals surface area contributed by atoms with Gasteiger partial charge in [0.1, 0.15) is 0 Å². The van der Waals surface area contributed by atoms with Crippen LogP contribution in [0.25, 0.3) is 21.6 Å². The van der Waals surface area contributed by atoms with Gasteiger partial charge in [-0.2, -0.15) is 13.2 Å². The SMILES string of the molecule is CC1CN(c2nc(-c3cccc(NC(=O)c4cccc(C(F)(F)F)c4)c3)nc3ccsc23)CC(C)O1. The summed E-state index contributed by atoms with van der Waals surface area (Å²) in [6.07, 6.45) is -4.39. The minimum absolute atomic E-state index is 0.0663. The monoisotopic (exact) mass is 512 g/mol. The lowest BCUT2D eigenvalue weighted by Crippen LogP contribution is -2.45. The number of amides is 1. The van der Waals surface area contributed by atoms with E-state index in [9.17, 15) is 18.0 Å². The van der Waals surface area contributed by atoms with Crippen LogP contribution < -0.4 is 10.2 Å². The number of fused-ring (bicyclic) bond motifs is 1. The van der Waals surface area contributed by atoms with Gasteiger partial charge in [0, 0.05) is 29.9 Å². The van der Waals surface area contributed by atoms with Gasteiger partial charge in [-0.05, 0) is 55.6 Å². The van der Waals surface area contributed by atoms with Crippen LogP contribution in [0.5, 0.6) is 0 Å². The summed E-state index contributed by atoms with van der Waals surface area (Å²) < 4.78 is 46.0. The van der Waals surface area contributed by atoms with E-state index >= 15 is 0 Å². The van der Waals surface area contributed by atoms with Gasteiger partial charge in [0.15, 0.2) is 11.6 Å². The molecule has 6 nitrogen and oxygen atoms in total. The third kappa shape index (κ3) is 5.05. The van der Waals surface area contributed by atoms with Gasteiger partial charge < -0.3 is 15.0 Å². The van der Waals surface area contributed by atoms with E-state index in [-0.39, 0.29) is 17.8 Å². The highest BCUT2D eigenvalue weighted by Gasteiger charge is 2.31. The molecular weight excluding hydrogens is 489 g/mol. The van der Waals surface area contributed by atoms with Crippen molar-refractivity contribution in [2.45, 2.75) is 32.2 Å². The molecule has 36 heavy (non-hydrogen) atoms. The van der Waals surface area contributed by atoms with Gasteiger partial charge in [0.2, 0.25) is 0 Å². The van der Waals surface area contributed by atoms with Gasteiger partial charge in [-0.15, -0.1) is 11.3 Å². The van der Waals surface area contributed by atoms with E-state index in [1.54, 1.807) is 29.5 Å². The Morgan fingerprint density at radius 2 is 1.81 bits per heavy atom. The van der Waals surface area contributed by atoms with E-state index in [1.807, 2.05) is 31.4 Å². The third-order valence-electron chi connectivity index (χ3n) is 5.84. The molecule has 1 fully saturated rings. The number of hydrogen-bond acceptors (Lipinski definition) is 6. The normalized spacial score (nSPS) is 18.4. The topological polar surface area (TPSA) is 67.4 Å². The maximum absolute atomic E-state index is 13.0. The molecular formula is C26H23F3N4O2S. The number of ether oxygens (including phenoxy) is 1. The number of benzene rings is 2. The van der Waals surface area contributed by atoms with Crippen molar-refractivity contribution in [3.8, 4) is 11.4 Å². The molecule has 3 heterocycles. The van der Waals surface area contributed by atoms with Crippen LogP contribution in [-0.2, 0) is 10.9 Å². The number of nitrogens with one attached hydrogen (secondary N) is 1. The van der Waals surface area contributed by atoms with Gasteiger partial charge in [-0.3, -0.25) is 4.79 Å². The second kappa shape index (κ2) is 9.51. The summed E-state index contributed by atoms with van der Waals surface area (Å²) >= 11 is 1.58. The van der Waals surface area contributed by atoms with Gasteiger partial charge >= 0.3 is 6.18 Å². The predicted molar refractivity (Wildman–Crippen MR) is 134 cm³/mol. The minimum Gasteiger partial charge on any atom is -0.372 e. The Hall–Kier alpha value is -3.50. The van der Waals surface area contributed by atoms with E-state index in [2.05, 4.69) is 10.2 Å². The largest absolute Gasteiger partial charge is 0.416 e. The number of rotatable bonds is 4. The lowest BCUT2D eigenvalue weighted by molar-refractivity contribution is -0.137. The van der Waals surface area contributed by atoms with E-state index in [0.717, 1.165) is 28.2 Å². The summed E-state index contributed by atoms with van der Waals surface area (Å²) in [5.41, 5.74) is 0.981. The van der Waals surface area contributed by atoms with Crippen molar-refractivity contribution in [1.29, 1.82) is 0 Å². The molecule has 1 amide bonds. The number of halogens is 3. The number of carbonyl (C=O) groups excluding carboxylic acids is 1. The van der Waals surface area contributed by atoms with Crippen LogP contribution in [0, 0.1) is 0 Å².